The molecule has 0 aromatic heterocycles. The van der Waals surface area contributed by atoms with Crippen LogP contribution in [-0.2, 0) is 23.2 Å². The summed E-state index contributed by atoms with van der Waals surface area (Å²) in [6.07, 6.45) is 4.96. The van der Waals surface area contributed by atoms with Crippen LogP contribution in [0.15, 0.2) is 105 Å². The summed E-state index contributed by atoms with van der Waals surface area (Å²) < 4.78 is 2.27. The predicted molar refractivity (Wildman–Crippen MR) is 139 cm³/mol. The molecule has 3 aliphatic rings. The smallest absolute Gasteiger partial charge is 1.00 e. The Kier molecular flexibility index (Phi) is 7.37. The number of halogens is 3. The first-order valence-electron chi connectivity index (χ1n) is 11.2. The van der Waals surface area contributed by atoms with E-state index >= 15 is 0 Å². The molecule has 0 saturated carbocycles. The topological polar surface area (TPSA) is 0 Å². The maximum atomic E-state index is 3.75. The van der Waals surface area contributed by atoms with Gasteiger partial charge in [-0.3, -0.25) is 0 Å². The van der Waals surface area contributed by atoms with E-state index in [9.17, 15) is 0 Å². The molecule has 4 bridgehead atoms. The SMILES string of the molecule is Brc1ccc2c(c1)[CH]([Zr+2][CH]1C3=Cc4c(cccc41)Sc1cccc3c1)C(c1ccccc1)=C2.[Cl-].[Cl-]. The molecular formula is C30H19BrCl2SZr. The van der Waals surface area contributed by atoms with Gasteiger partial charge in [0.15, 0.2) is 0 Å². The fraction of sp³-hybridized carbons (Fsp3) is 0.0667. The van der Waals surface area contributed by atoms with Crippen LogP contribution in [0.1, 0.15) is 40.6 Å². The zero-order chi connectivity index (χ0) is 21.9. The van der Waals surface area contributed by atoms with Gasteiger partial charge in [0.1, 0.15) is 0 Å². The number of allylic oxidation sites excluding steroid dienone is 2. The van der Waals surface area contributed by atoms with E-state index in [1.165, 1.54) is 47.7 Å². The summed E-state index contributed by atoms with van der Waals surface area (Å²) in [5.41, 5.74) is 11.8. The molecule has 4 aromatic carbocycles. The van der Waals surface area contributed by atoms with Crippen LogP contribution in [0.2, 0.25) is 0 Å². The average Bonchev–Trinajstić information content (AvgIpc) is 3.39. The first kappa shape index (κ1) is 25.3. The molecule has 0 saturated heterocycles. The van der Waals surface area contributed by atoms with Crippen LogP contribution in [0.4, 0.5) is 0 Å². The van der Waals surface area contributed by atoms with E-state index < -0.39 is 23.2 Å². The number of benzene rings is 4. The monoisotopic (exact) mass is 650 g/mol. The minimum atomic E-state index is -0.988. The predicted octanol–water partition coefficient (Wildman–Crippen LogP) is 2.90. The van der Waals surface area contributed by atoms with Crippen molar-refractivity contribution in [3.05, 3.63) is 129 Å². The van der Waals surface area contributed by atoms with E-state index in [-0.39, 0.29) is 24.8 Å². The van der Waals surface area contributed by atoms with Crippen molar-refractivity contribution in [2.45, 2.75) is 17.0 Å². The summed E-state index contributed by atoms with van der Waals surface area (Å²) in [5.74, 6) is 0. The molecule has 2 aliphatic carbocycles. The van der Waals surface area contributed by atoms with Gasteiger partial charge in [0.25, 0.3) is 0 Å². The van der Waals surface area contributed by atoms with Crippen molar-refractivity contribution in [1.29, 1.82) is 0 Å². The molecule has 2 atom stereocenters. The summed E-state index contributed by atoms with van der Waals surface area (Å²) in [5, 5.41) is 0. The summed E-state index contributed by atoms with van der Waals surface area (Å²) in [6, 6.07) is 34.0. The van der Waals surface area contributed by atoms with Gasteiger partial charge in [0, 0.05) is 0 Å². The normalized spacial score (nSPS) is 18.1. The Labute approximate surface area is 242 Å². The van der Waals surface area contributed by atoms with Crippen LogP contribution in [0.25, 0.3) is 23.3 Å². The first-order chi connectivity index (χ1) is 16.2. The Hall–Kier alpha value is -1.35. The summed E-state index contributed by atoms with van der Waals surface area (Å²) in [4.78, 5) is 2.75. The van der Waals surface area contributed by atoms with Crippen LogP contribution in [0.3, 0.4) is 0 Å². The molecule has 1 heterocycles. The average molecular weight is 654 g/mol. The van der Waals surface area contributed by atoms with E-state index in [2.05, 4.69) is 119 Å². The van der Waals surface area contributed by atoms with Gasteiger partial charge in [-0.25, -0.2) is 0 Å². The fourth-order valence-electron chi connectivity index (χ4n) is 5.33. The summed E-state index contributed by atoms with van der Waals surface area (Å²) in [7, 11) is 0. The van der Waals surface area contributed by atoms with Gasteiger partial charge in [-0.1, -0.05) is 0 Å². The minimum absolute atomic E-state index is 0. The second-order valence-electron chi connectivity index (χ2n) is 8.76. The standard InChI is InChI=1S/C15H10Br.C15H9S.2ClH.Zr/c16-15-7-6-12-8-13(9-14(12)10-15)11-4-2-1-3-5-11;1-3-10-8-13(5-1)16-15-6-2-4-11-7-12(10)9-14(11)15;;;/h1-10H;1-9H;2*1H;/q;;;;+2/p-2. The second kappa shape index (κ2) is 10.2. The maximum absolute atomic E-state index is 3.75. The molecule has 0 N–H and O–H groups in total. The van der Waals surface area contributed by atoms with Crippen molar-refractivity contribution in [2.24, 2.45) is 0 Å². The van der Waals surface area contributed by atoms with E-state index in [0.717, 1.165) is 0 Å². The number of hydrogen-bond donors (Lipinski definition) is 0. The molecule has 2 unspecified atom stereocenters. The number of hydrogen-bond acceptors (Lipinski definition) is 1. The van der Waals surface area contributed by atoms with Crippen LogP contribution < -0.4 is 24.8 Å². The van der Waals surface area contributed by atoms with Crippen molar-refractivity contribution in [3.63, 3.8) is 0 Å². The summed E-state index contributed by atoms with van der Waals surface area (Å²) in [6.45, 7) is 0. The van der Waals surface area contributed by atoms with Gasteiger partial charge < -0.3 is 24.8 Å². The van der Waals surface area contributed by atoms with E-state index in [1.807, 2.05) is 11.8 Å². The Morgan fingerprint density at radius 3 is 2.26 bits per heavy atom. The molecule has 0 fully saturated rings. The van der Waals surface area contributed by atoms with Gasteiger partial charge in [0.2, 0.25) is 0 Å². The van der Waals surface area contributed by atoms with Crippen LogP contribution >= 0.6 is 27.7 Å². The third-order valence-corrected chi connectivity index (χ3v) is 13.1. The second-order valence-corrected chi connectivity index (χ2v) is 14.4. The first-order valence-corrected chi connectivity index (χ1v) is 15.6. The van der Waals surface area contributed by atoms with Gasteiger partial charge in [-0.2, -0.15) is 0 Å². The number of fused-ring (bicyclic) bond motifs is 4. The van der Waals surface area contributed by atoms with Crippen molar-refractivity contribution in [3.8, 4) is 0 Å². The third kappa shape index (κ3) is 4.38. The zero-order valence-corrected chi connectivity index (χ0v) is 24.9. The van der Waals surface area contributed by atoms with Gasteiger partial charge in [0.05, 0.1) is 0 Å². The number of rotatable bonds is 3. The molecule has 0 nitrogen and oxygen atoms in total. The zero-order valence-electron chi connectivity index (χ0n) is 18.5. The van der Waals surface area contributed by atoms with Gasteiger partial charge in [-0.05, 0) is 0 Å². The van der Waals surface area contributed by atoms with Gasteiger partial charge in [-0.15, -0.1) is 0 Å². The molecule has 0 spiro atoms. The third-order valence-electron chi connectivity index (χ3n) is 6.84. The minimum Gasteiger partial charge on any atom is -1.00 e. The maximum Gasteiger partial charge on any atom is -1.00 e. The molecule has 7 rings (SSSR count). The summed E-state index contributed by atoms with van der Waals surface area (Å²) >= 11 is 4.68. The molecule has 5 heteroatoms. The molecule has 1 aliphatic heterocycles. The van der Waals surface area contributed by atoms with Crippen LogP contribution in [-0.4, -0.2) is 0 Å². The Morgan fingerprint density at radius 1 is 0.657 bits per heavy atom. The van der Waals surface area contributed by atoms with Crippen LogP contribution in [0.5, 0.6) is 0 Å². The molecule has 170 valence electrons. The van der Waals surface area contributed by atoms with Gasteiger partial charge >= 0.3 is 220 Å². The molecule has 0 radical (unpaired) electrons. The molecule has 4 aromatic rings. The molecule has 35 heavy (non-hydrogen) atoms. The van der Waals surface area contributed by atoms with Crippen molar-refractivity contribution in [2.75, 3.05) is 0 Å². The molecule has 0 amide bonds. The largest absolute Gasteiger partial charge is 1.00 e. The Balaban J connectivity index is 0.00000127. The van der Waals surface area contributed by atoms with E-state index in [0.29, 0.717) is 7.25 Å². The van der Waals surface area contributed by atoms with Crippen molar-refractivity contribution in [1.82, 2.24) is 0 Å². The fourth-order valence-corrected chi connectivity index (χ4v) is 11.8. The Bertz CT molecular complexity index is 1500. The van der Waals surface area contributed by atoms with Crippen molar-refractivity contribution < 1.29 is 48.0 Å². The van der Waals surface area contributed by atoms with E-state index in [1.54, 1.807) is 11.1 Å². The Morgan fingerprint density at radius 2 is 1.40 bits per heavy atom. The van der Waals surface area contributed by atoms with Crippen LogP contribution in [0, 0.1) is 0 Å². The molecular weight excluding hydrogens is 634 g/mol. The van der Waals surface area contributed by atoms with E-state index in [4.69, 9.17) is 0 Å². The van der Waals surface area contributed by atoms with Crippen molar-refractivity contribution >= 4 is 51.0 Å². The quantitative estimate of drug-likeness (QED) is 0.328.